The Bertz CT molecular complexity index is 676. The molecule has 4 N–H and O–H groups in total. The Morgan fingerprint density at radius 3 is 2.92 bits per heavy atom. The van der Waals surface area contributed by atoms with Crippen molar-refractivity contribution in [3.8, 4) is 0 Å². The number of nitrogens with one attached hydrogen (secondary N) is 2. The van der Waals surface area contributed by atoms with Crippen LogP contribution in [0.2, 0.25) is 0 Å². The summed E-state index contributed by atoms with van der Waals surface area (Å²) in [6.07, 6.45) is 4.69. The molecule has 2 heterocycles. The molecular weight excluding hydrogens is 359 g/mol. The summed E-state index contributed by atoms with van der Waals surface area (Å²) in [7, 11) is 0. The third kappa shape index (κ3) is 5.35. The van der Waals surface area contributed by atoms with Gasteiger partial charge in [-0.15, -0.1) is 24.8 Å². The van der Waals surface area contributed by atoms with Crippen molar-refractivity contribution >= 4 is 41.6 Å². The monoisotopic (exact) mass is 386 g/mol. The Hall–Kier alpha value is -1.27. The predicted octanol–water partition coefficient (Wildman–Crippen LogP) is 2.48. The summed E-state index contributed by atoms with van der Waals surface area (Å²) in [4.78, 5) is 18.0. The number of fused-ring (bicyclic) bond motifs is 1. The molecule has 2 aromatic rings. The number of likely N-dealkylation sites (N-methyl/N-ethyl adjacent to an activating group) is 1. The summed E-state index contributed by atoms with van der Waals surface area (Å²) in [6, 6.07) is 7.82. The van der Waals surface area contributed by atoms with Gasteiger partial charge in [0.1, 0.15) is 0 Å². The van der Waals surface area contributed by atoms with E-state index in [2.05, 4.69) is 28.2 Å². The first-order chi connectivity index (χ1) is 11.2. The van der Waals surface area contributed by atoms with E-state index in [-0.39, 0.29) is 36.8 Å². The molecule has 1 saturated heterocycles. The molecule has 1 amide bonds. The predicted molar refractivity (Wildman–Crippen MR) is 108 cm³/mol. The number of hydrogen-bond donors (Lipinski definition) is 3. The standard InChI is InChI=1S/C18H26N4O.2ClH/c1-2-22-9-5-6-14(12-22)21-18(23)16(19)10-13-11-20-17-8-4-3-7-15(13)17;;/h3-4,7-8,11,14,16,20H,2,5-6,9-10,12,19H2,1H3,(H,21,23);2*1H/t14?,16-;;/m0../s1. The number of nitrogens with two attached hydrogens (primary N) is 1. The first-order valence-corrected chi connectivity index (χ1v) is 8.50. The minimum Gasteiger partial charge on any atom is -0.361 e. The van der Waals surface area contributed by atoms with E-state index < -0.39 is 6.04 Å². The molecule has 2 atom stereocenters. The highest BCUT2D eigenvalue weighted by Crippen LogP contribution is 2.19. The number of nitrogens with zero attached hydrogens (tertiary/aromatic N) is 1. The first kappa shape index (κ1) is 21.8. The van der Waals surface area contributed by atoms with Crippen LogP contribution in [0.15, 0.2) is 30.5 Å². The van der Waals surface area contributed by atoms with Gasteiger partial charge < -0.3 is 20.9 Å². The Kier molecular flexibility index (Phi) is 8.73. The number of benzene rings is 1. The number of aromatic amines is 1. The number of rotatable bonds is 5. The van der Waals surface area contributed by atoms with E-state index in [1.807, 2.05) is 24.4 Å². The molecule has 0 saturated carbocycles. The summed E-state index contributed by atoms with van der Waals surface area (Å²) in [5, 5.41) is 4.27. The molecule has 140 valence electrons. The highest BCUT2D eigenvalue weighted by molar-refractivity contribution is 5.86. The number of carbonyl (C=O) groups is 1. The highest BCUT2D eigenvalue weighted by Gasteiger charge is 2.23. The van der Waals surface area contributed by atoms with Crippen LogP contribution in [0.4, 0.5) is 0 Å². The van der Waals surface area contributed by atoms with E-state index in [4.69, 9.17) is 5.73 Å². The second-order valence-electron chi connectivity index (χ2n) is 6.41. The van der Waals surface area contributed by atoms with Crippen molar-refractivity contribution in [2.75, 3.05) is 19.6 Å². The molecule has 1 aliphatic rings. The van der Waals surface area contributed by atoms with Crippen LogP contribution in [0.1, 0.15) is 25.3 Å². The van der Waals surface area contributed by atoms with Gasteiger partial charge in [-0.1, -0.05) is 25.1 Å². The van der Waals surface area contributed by atoms with Crippen molar-refractivity contribution in [3.63, 3.8) is 0 Å². The quantitative estimate of drug-likeness (QED) is 0.738. The fourth-order valence-electron chi connectivity index (χ4n) is 3.40. The molecule has 0 aliphatic carbocycles. The fourth-order valence-corrected chi connectivity index (χ4v) is 3.40. The maximum Gasteiger partial charge on any atom is 0.237 e. The number of likely N-dealkylation sites (tertiary alicyclic amines) is 1. The molecule has 0 spiro atoms. The molecule has 1 fully saturated rings. The SMILES string of the molecule is CCN1CCCC(NC(=O)[C@@H](N)Cc2c[nH]c3ccccc23)C1.Cl.Cl. The smallest absolute Gasteiger partial charge is 0.237 e. The van der Waals surface area contributed by atoms with Crippen molar-refractivity contribution in [3.05, 3.63) is 36.0 Å². The molecule has 7 heteroatoms. The topological polar surface area (TPSA) is 74.2 Å². The lowest BCUT2D eigenvalue weighted by Gasteiger charge is -2.32. The van der Waals surface area contributed by atoms with Gasteiger partial charge in [0.05, 0.1) is 6.04 Å². The average molecular weight is 387 g/mol. The Morgan fingerprint density at radius 2 is 2.16 bits per heavy atom. The minimum absolute atomic E-state index is 0. The van der Waals surface area contributed by atoms with Crippen molar-refractivity contribution in [1.29, 1.82) is 0 Å². The number of hydrogen-bond acceptors (Lipinski definition) is 3. The van der Waals surface area contributed by atoms with Crippen LogP contribution in [0, 0.1) is 0 Å². The van der Waals surface area contributed by atoms with E-state index >= 15 is 0 Å². The third-order valence-electron chi connectivity index (χ3n) is 4.75. The van der Waals surface area contributed by atoms with Gasteiger partial charge in [0.25, 0.3) is 0 Å². The molecule has 1 aromatic heterocycles. The van der Waals surface area contributed by atoms with Gasteiger partial charge in [-0.2, -0.15) is 0 Å². The molecule has 3 rings (SSSR count). The molecule has 25 heavy (non-hydrogen) atoms. The van der Waals surface area contributed by atoms with Crippen LogP contribution in [0.25, 0.3) is 10.9 Å². The van der Waals surface area contributed by atoms with Crippen LogP contribution < -0.4 is 11.1 Å². The fraction of sp³-hybridized carbons (Fsp3) is 0.500. The van der Waals surface area contributed by atoms with E-state index in [1.165, 1.54) is 0 Å². The van der Waals surface area contributed by atoms with Crippen LogP contribution in [0.3, 0.4) is 0 Å². The van der Waals surface area contributed by atoms with Crippen LogP contribution in [0.5, 0.6) is 0 Å². The Morgan fingerprint density at radius 1 is 1.40 bits per heavy atom. The van der Waals surface area contributed by atoms with Crippen LogP contribution in [-0.4, -0.2) is 47.5 Å². The number of piperidine rings is 1. The van der Waals surface area contributed by atoms with Gasteiger partial charge in [-0.25, -0.2) is 0 Å². The number of aromatic nitrogens is 1. The van der Waals surface area contributed by atoms with Gasteiger partial charge in [0, 0.05) is 29.7 Å². The molecule has 0 radical (unpaired) electrons. The van der Waals surface area contributed by atoms with Crippen molar-refractivity contribution in [1.82, 2.24) is 15.2 Å². The Labute approximate surface area is 161 Å². The van der Waals surface area contributed by atoms with Crippen molar-refractivity contribution in [2.24, 2.45) is 5.73 Å². The van der Waals surface area contributed by atoms with Crippen LogP contribution >= 0.6 is 24.8 Å². The normalized spacial score (nSPS) is 18.9. The molecule has 5 nitrogen and oxygen atoms in total. The third-order valence-corrected chi connectivity index (χ3v) is 4.75. The lowest BCUT2D eigenvalue weighted by Crippen LogP contribution is -2.52. The zero-order valence-electron chi connectivity index (χ0n) is 14.5. The van der Waals surface area contributed by atoms with Gasteiger partial charge in [-0.05, 0) is 44.0 Å². The van der Waals surface area contributed by atoms with E-state index in [1.54, 1.807) is 0 Å². The second kappa shape index (κ2) is 10.0. The number of halogens is 2. The summed E-state index contributed by atoms with van der Waals surface area (Å²) in [5.74, 6) is -0.0433. The zero-order valence-corrected chi connectivity index (χ0v) is 16.2. The number of H-pyrrole nitrogens is 1. The maximum absolute atomic E-state index is 12.4. The van der Waals surface area contributed by atoms with Crippen LogP contribution in [-0.2, 0) is 11.2 Å². The minimum atomic E-state index is -0.508. The first-order valence-electron chi connectivity index (χ1n) is 8.50. The van der Waals surface area contributed by atoms with E-state index in [9.17, 15) is 4.79 Å². The number of carbonyl (C=O) groups excluding carboxylic acids is 1. The largest absolute Gasteiger partial charge is 0.361 e. The molecule has 1 aromatic carbocycles. The van der Waals surface area contributed by atoms with Gasteiger partial charge in [0.2, 0.25) is 5.91 Å². The summed E-state index contributed by atoms with van der Waals surface area (Å²) in [6.45, 7) is 5.26. The van der Waals surface area contributed by atoms with Crippen molar-refractivity contribution in [2.45, 2.75) is 38.3 Å². The molecular formula is C18H28Cl2N4O. The average Bonchev–Trinajstić information content (AvgIpc) is 2.98. The summed E-state index contributed by atoms with van der Waals surface area (Å²) >= 11 is 0. The Balaban J connectivity index is 0.00000156. The number of para-hydroxylation sites is 1. The summed E-state index contributed by atoms with van der Waals surface area (Å²) < 4.78 is 0. The highest BCUT2D eigenvalue weighted by atomic mass is 35.5. The lowest BCUT2D eigenvalue weighted by molar-refractivity contribution is -0.123. The van der Waals surface area contributed by atoms with Gasteiger partial charge in [0.15, 0.2) is 0 Å². The van der Waals surface area contributed by atoms with Crippen molar-refractivity contribution < 1.29 is 4.79 Å². The lowest BCUT2D eigenvalue weighted by atomic mass is 10.0. The van der Waals surface area contributed by atoms with Gasteiger partial charge >= 0.3 is 0 Å². The van der Waals surface area contributed by atoms with E-state index in [0.29, 0.717) is 6.42 Å². The van der Waals surface area contributed by atoms with E-state index in [0.717, 1.165) is 48.9 Å². The number of amides is 1. The molecule has 1 unspecified atom stereocenters. The zero-order chi connectivity index (χ0) is 16.2. The second-order valence-corrected chi connectivity index (χ2v) is 6.41. The molecule has 0 bridgehead atoms. The van der Waals surface area contributed by atoms with Gasteiger partial charge in [-0.3, -0.25) is 4.79 Å². The molecule has 1 aliphatic heterocycles. The maximum atomic E-state index is 12.4. The summed E-state index contributed by atoms with van der Waals surface area (Å²) in [5.41, 5.74) is 8.33.